The standard InChI is InChI=1S/C15H18N2O2/c1-17-9-8-14(11-17)16-15(19)13-6-4-12(5-7-13)3-2-10-18/h4-7,14,18H,8-11H2,1H3,(H,16,19). The summed E-state index contributed by atoms with van der Waals surface area (Å²) in [5.74, 6) is 5.34. The molecule has 1 aliphatic rings. The van der Waals surface area contributed by atoms with Crippen molar-refractivity contribution in [3.05, 3.63) is 35.4 Å². The highest BCUT2D eigenvalue weighted by atomic mass is 16.2. The van der Waals surface area contributed by atoms with Crippen LogP contribution in [-0.2, 0) is 0 Å². The maximum absolute atomic E-state index is 12.0. The average molecular weight is 258 g/mol. The number of hydrogen-bond donors (Lipinski definition) is 2. The van der Waals surface area contributed by atoms with Gasteiger partial charge < -0.3 is 15.3 Å². The van der Waals surface area contributed by atoms with Crippen LogP contribution in [0.4, 0.5) is 0 Å². The third kappa shape index (κ3) is 3.82. The molecular weight excluding hydrogens is 240 g/mol. The lowest BCUT2D eigenvalue weighted by Crippen LogP contribution is -2.36. The quantitative estimate of drug-likeness (QED) is 0.758. The zero-order valence-corrected chi connectivity index (χ0v) is 11.0. The number of amides is 1. The summed E-state index contributed by atoms with van der Waals surface area (Å²) in [5, 5.41) is 11.6. The highest BCUT2D eigenvalue weighted by molar-refractivity contribution is 5.94. The minimum Gasteiger partial charge on any atom is -0.384 e. The monoisotopic (exact) mass is 258 g/mol. The smallest absolute Gasteiger partial charge is 0.251 e. The molecule has 0 saturated carbocycles. The fourth-order valence-electron chi connectivity index (χ4n) is 2.17. The summed E-state index contributed by atoms with van der Waals surface area (Å²) in [4.78, 5) is 14.2. The molecule has 1 aromatic carbocycles. The number of rotatable bonds is 2. The SMILES string of the molecule is CN1CCC(NC(=O)c2ccc(C#CCO)cc2)C1. The van der Waals surface area contributed by atoms with E-state index in [1.165, 1.54) is 0 Å². The maximum Gasteiger partial charge on any atom is 0.251 e. The molecule has 0 aliphatic carbocycles. The number of benzene rings is 1. The van der Waals surface area contributed by atoms with Gasteiger partial charge in [-0.05, 0) is 44.3 Å². The molecule has 0 radical (unpaired) electrons. The number of aliphatic hydroxyl groups excluding tert-OH is 1. The summed E-state index contributed by atoms with van der Waals surface area (Å²) in [6.07, 6.45) is 1.00. The van der Waals surface area contributed by atoms with E-state index in [0.29, 0.717) is 5.56 Å². The van der Waals surface area contributed by atoms with Gasteiger partial charge in [-0.2, -0.15) is 0 Å². The van der Waals surface area contributed by atoms with Gasteiger partial charge in [0.15, 0.2) is 0 Å². The summed E-state index contributed by atoms with van der Waals surface area (Å²) in [5.41, 5.74) is 1.44. The molecule has 1 amide bonds. The molecule has 1 unspecified atom stereocenters. The molecule has 1 aliphatic heterocycles. The second kappa shape index (κ2) is 6.37. The van der Waals surface area contributed by atoms with Gasteiger partial charge in [0.25, 0.3) is 5.91 Å². The first kappa shape index (κ1) is 13.6. The summed E-state index contributed by atoms with van der Waals surface area (Å²) in [6, 6.07) is 7.34. The van der Waals surface area contributed by atoms with Crippen molar-refractivity contribution in [2.75, 3.05) is 26.7 Å². The Balaban J connectivity index is 1.95. The number of nitrogens with one attached hydrogen (secondary N) is 1. The van der Waals surface area contributed by atoms with Crippen LogP contribution in [0.2, 0.25) is 0 Å². The Hall–Kier alpha value is -1.83. The topological polar surface area (TPSA) is 52.6 Å². The van der Waals surface area contributed by atoms with E-state index in [0.717, 1.165) is 25.1 Å². The number of likely N-dealkylation sites (N-methyl/N-ethyl adjacent to an activating group) is 1. The van der Waals surface area contributed by atoms with Gasteiger partial charge in [-0.3, -0.25) is 4.79 Å². The second-order valence-electron chi connectivity index (χ2n) is 4.76. The third-order valence-corrected chi connectivity index (χ3v) is 3.19. The van der Waals surface area contributed by atoms with Crippen LogP contribution < -0.4 is 5.32 Å². The first-order valence-electron chi connectivity index (χ1n) is 6.38. The lowest BCUT2D eigenvalue weighted by Gasteiger charge is -2.12. The van der Waals surface area contributed by atoms with E-state index in [-0.39, 0.29) is 18.6 Å². The van der Waals surface area contributed by atoms with E-state index in [1.807, 2.05) is 0 Å². The van der Waals surface area contributed by atoms with Gasteiger partial charge in [0.1, 0.15) is 6.61 Å². The molecular formula is C15H18N2O2. The molecule has 0 aromatic heterocycles. The molecule has 1 atom stereocenters. The second-order valence-corrected chi connectivity index (χ2v) is 4.76. The van der Waals surface area contributed by atoms with Crippen molar-refractivity contribution in [3.8, 4) is 11.8 Å². The first-order chi connectivity index (χ1) is 9.19. The first-order valence-corrected chi connectivity index (χ1v) is 6.38. The molecule has 1 aromatic rings. The number of likely N-dealkylation sites (tertiary alicyclic amines) is 1. The van der Waals surface area contributed by atoms with Gasteiger partial charge in [0.05, 0.1) is 0 Å². The highest BCUT2D eigenvalue weighted by Crippen LogP contribution is 2.08. The Morgan fingerprint density at radius 1 is 1.47 bits per heavy atom. The molecule has 0 spiro atoms. The van der Waals surface area contributed by atoms with Crippen molar-refractivity contribution >= 4 is 5.91 Å². The van der Waals surface area contributed by atoms with Crippen LogP contribution in [0.1, 0.15) is 22.3 Å². The Morgan fingerprint density at radius 3 is 2.79 bits per heavy atom. The van der Waals surface area contributed by atoms with Crippen molar-refractivity contribution < 1.29 is 9.90 Å². The summed E-state index contributed by atoms with van der Waals surface area (Å²) in [7, 11) is 2.06. The van der Waals surface area contributed by atoms with Gasteiger partial charge in [0, 0.05) is 23.7 Å². The highest BCUT2D eigenvalue weighted by Gasteiger charge is 2.21. The van der Waals surface area contributed by atoms with E-state index in [2.05, 4.69) is 29.1 Å². The lowest BCUT2D eigenvalue weighted by atomic mass is 10.1. The van der Waals surface area contributed by atoms with Crippen molar-refractivity contribution in [2.45, 2.75) is 12.5 Å². The molecule has 4 nitrogen and oxygen atoms in total. The molecule has 19 heavy (non-hydrogen) atoms. The van der Waals surface area contributed by atoms with Crippen LogP contribution in [0.3, 0.4) is 0 Å². The maximum atomic E-state index is 12.0. The summed E-state index contributed by atoms with van der Waals surface area (Å²) < 4.78 is 0. The summed E-state index contributed by atoms with van der Waals surface area (Å²) >= 11 is 0. The number of aliphatic hydroxyl groups is 1. The molecule has 2 N–H and O–H groups in total. The average Bonchev–Trinajstić information content (AvgIpc) is 2.82. The Bertz CT molecular complexity index is 499. The molecule has 2 rings (SSSR count). The normalized spacial score (nSPS) is 18.7. The van der Waals surface area contributed by atoms with Crippen LogP contribution in [0, 0.1) is 11.8 Å². The minimum atomic E-state index is -0.155. The van der Waals surface area contributed by atoms with Gasteiger partial charge in [-0.15, -0.1) is 0 Å². The van der Waals surface area contributed by atoms with E-state index in [9.17, 15) is 4.79 Å². The van der Waals surface area contributed by atoms with Crippen LogP contribution in [-0.4, -0.2) is 48.7 Å². The van der Waals surface area contributed by atoms with E-state index < -0.39 is 0 Å². The fraction of sp³-hybridized carbons (Fsp3) is 0.400. The number of nitrogens with zero attached hydrogens (tertiary/aromatic N) is 1. The van der Waals surface area contributed by atoms with Crippen molar-refractivity contribution in [2.24, 2.45) is 0 Å². The van der Waals surface area contributed by atoms with Gasteiger partial charge in [0.2, 0.25) is 0 Å². The van der Waals surface area contributed by atoms with Crippen LogP contribution in [0.5, 0.6) is 0 Å². The lowest BCUT2D eigenvalue weighted by molar-refractivity contribution is 0.0938. The Morgan fingerprint density at radius 2 is 2.21 bits per heavy atom. The zero-order chi connectivity index (χ0) is 13.7. The van der Waals surface area contributed by atoms with E-state index >= 15 is 0 Å². The third-order valence-electron chi connectivity index (χ3n) is 3.19. The molecule has 1 saturated heterocycles. The largest absolute Gasteiger partial charge is 0.384 e. The number of hydrogen-bond acceptors (Lipinski definition) is 3. The van der Waals surface area contributed by atoms with E-state index in [4.69, 9.17) is 5.11 Å². The van der Waals surface area contributed by atoms with Crippen LogP contribution >= 0.6 is 0 Å². The fourth-order valence-corrected chi connectivity index (χ4v) is 2.17. The summed E-state index contributed by atoms with van der Waals surface area (Å²) in [6.45, 7) is 1.78. The van der Waals surface area contributed by atoms with Crippen molar-refractivity contribution in [1.29, 1.82) is 0 Å². The minimum absolute atomic E-state index is 0.0398. The molecule has 4 heteroatoms. The van der Waals surface area contributed by atoms with Gasteiger partial charge in [-0.25, -0.2) is 0 Å². The van der Waals surface area contributed by atoms with Crippen LogP contribution in [0.15, 0.2) is 24.3 Å². The van der Waals surface area contributed by atoms with E-state index in [1.54, 1.807) is 24.3 Å². The number of carbonyl (C=O) groups is 1. The molecule has 100 valence electrons. The number of carbonyl (C=O) groups excluding carboxylic acids is 1. The molecule has 0 bridgehead atoms. The molecule has 1 fully saturated rings. The zero-order valence-electron chi connectivity index (χ0n) is 11.0. The Labute approximate surface area is 113 Å². The predicted molar refractivity (Wildman–Crippen MR) is 73.8 cm³/mol. The van der Waals surface area contributed by atoms with Gasteiger partial charge >= 0.3 is 0 Å². The van der Waals surface area contributed by atoms with Crippen molar-refractivity contribution in [3.63, 3.8) is 0 Å². The predicted octanol–water partition coefficient (Wildman–Crippen LogP) is 0.464. The van der Waals surface area contributed by atoms with Gasteiger partial charge in [-0.1, -0.05) is 11.8 Å². The molecule has 1 heterocycles. The van der Waals surface area contributed by atoms with Crippen molar-refractivity contribution in [1.82, 2.24) is 10.2 Å². The Kier molecular flexibility index (Phi) is 4.56. The van der Waals surface area contributed by atoms with Crippen LogP contribution in [0.25, 0.3) is 0 Å².